The van der Waals surface area contributed by atoms with Gasteiger partial charge in [0, 0.05) is 48.2 Å². The number of benzene rings is 1. The van der Waals surface area contributed by atoms with Gasteiger partial charge in [-0.15, -0.1) is 11.3 Å². The number of piperazine rings is 1. The van der Waals surface area contributed by atoms with E-state index in [1.165, 1.54) is 10.6 Å². The van der Waals surface area contributed by atoms with Crippen molar-refractivity contribution in [2.75, 3.05) is 38.2 Å². The van der Waals surface area contributed by atoms with Crippen molar-refractivity contribution in [3.63, 3.8) is 0 Å². The quantitative estimate of drug-likeness (QED) is 0.769. The lowest BCUT2D eigenvalue weighted by Crippen LogP contribution is -2.53. The molecule has 1 saturated heterocycles. The van der Waals surface area contributed by atoms with E-state index in [0.717, 1.165) is 31.9 Å². The second-order valence-corrected chi connectivity index (χ2v) is 9.67. The number of methoxy groups -OCH3 is 1. The van der Waals surface area contributed by atoms with Crippen LogP contribution in [-0.4, -0.2) is 50.1 Å². The standard InChI is InChI=1S/C23H33N3O2S/c1-17(24-22(27)23(2,3)4)21(20-7-6-16-29-20)26-14-12-25(13-15-26)18-8-10-19(28-5)11-9-18/h6-11,16-17,21H,12-15H2,1-5H3,(H,24,27)/t17-,21+/m1/s1. The fourth-order valence-corrected chi connectivity index (χ4v) is 4.72. The number of nitrogens with one attached hydrogen (secondary N) is 1. The second-order valence-electron chi connectivity index (χ2n) is 8.69. The van der Waals surface area contributed by atoms with E-state index in [9.17, 15) is 4.79 Å². The van der Waals surface area contributed by atoms with Crippen molar-refractivity contribution in [2.45, 2.75) is 39.8 Å². The van der Waals surface area contributed by atoms with Gasteiger partial charge in [-0.2, -0.15) is 0 Å². The average Bonchev–Trinajstić information content (AvgIpc) is 3.22. The van der Waals surface area contributed by atoms with Gasteiger partial charge in [0.25, 0.3) is 0 Å². The van der Waals surface area contributed by atoms with E-state index in [1.54, 1.807) is 18.4 Å². The summed E-state index contributed by atoms with van der Waals surface area (Å²) in [5, 5.41) is 5.38. The average molecular weight is 416 g/mol. The second kappa shape index (κ2) is 9.18. The Kier molecular flexibility index (Phi) is 6.85. The summed E-state index contributed by atoms with van der Waals surface area (Å²) < 4.78 is 5.27. The van der Waals surface area contributed by atoms with Crippen LogP contribution in [0, 0.1) is 5.41 Å². The fourth-order valence-electron chi connectivity index (χ4n) is 3.76. The van der Waals surface area contributed by atoms with Gasteiger partial charge in [0.15, 0.2) is 0 Å². The molecule has 3 rings (SSSR count). The van der Waals surface area contributed by atoms with Crippen LogP contribution in [0.5, 0.6) is 5.75 Å². The Morgan fingerprint density at radius 3 is 2.28 bits per heavy atom. The lowest BCUT2D eigenvalue weighted by Gasteiger charge is -2.42. The molecule has 1 fully saturated rings. The summed E-state index contributed by atoms with van der Waals surface area (Å²) in [5.74, 6) is 0.983. The summed E-state index contributed by atoms with van der Waals surface area (Å²) in [6.45, 7) is 11.9. The van der Waals surface area contributed by atoms with Crippen molar-refractivity contribution >= 4 is 22.9 Å². The lowest BCUT2D eigenvalue weighted by molar-refractivity contribution is -0.129. The first-order valence-electron chi connectivity index (χ1n) is 10.3. The summed E-state index contributed by atoms with van der Waals surface area (Å²) in [4.78, 5) is 18.8. The number of nitrogens with zero attached hydrogens (tertiary/aromatic N) is 2. The van der Waals surface area contributed by atoms with E-state index < -0.39 is 0 Å². The van der Waals surface area contributed by atoms with Gasteiger partial charge in [-0.3, -0.25) is 9.69 Å². The molecule has 0 radical (unpaired) electrons. The van der Waals surface area contributed by atoms with Crippen LogP contribution in [0.4, 0.5) is 5.69 Å². The number of anilines is 1. The number of rotatable bonds is 6. The van der Waals surface area contributed by atoms with Gasteiger partial charge in [0.05, 0.1) is 13.2 Å². The minimum atomic E-state index is -0.388. The van der Waals surface area contributed by atoms with Crippen LogP contribution in [0.1, 0.15) is 38.6 Å². The zero-order chi connectivity index (χ0) is 21.0. The highest BCUT2D eigenvalue weighted by molar-refractivity contribution is 7.10. The highest BCUT2D eigenvalue weighted by Crippen LogP contribution is 2.31. The summed E-state index contributed by atoms with van der Waals surface area (Å²) in [7, 11) is 1.69. The minimum absolute atomic E-state index is 0.0490. The zero-order valence-electron chi connectivity index (χ0n) is 18.1. The molecule has 0 unspecified atom stereocenters. The molecule has 158 valence electrons. The summed E-state index contributed by atoms with van der Waals surface area (Å²) in [6, 6.07) is 12.8. The van der Waals surface area contributed by atoms with Gasteiger partial charge >= 0.3 is 0 Å². The van der Waals surface area contributed by atoms with Gasteiger partial charge in [-0.05, 0) is 42.6 Å². The maximum Gasteiger partial charge on any atom is 0.225 e. The topological polar surface area (TPSA) is 44.8 Å². The third kappa shape index (κ3) is 5.31. The number of amides is 1. The molecule has 5 nitrogen and oxygen atoms in total. The number of hydrogen-bond acceptors (Lipinski definition) is 5. The van der Waals surface area contributed by atoms with Crippen LogP contribution in [0.25, 0.3) is 0 Å². The summed E-state index contributed by atoms with van der Waals surface area (Å²) in [5.41, 5.74) is 0.841. The third-order valence-corrected chi connectivity index (χ3v) is 6.44. The predicted molar refractivity (Wildman–Crippen MR) is 121 cm³/mol. The van der Waals surface area contributed by atoms with Crippen molar-refractivity contribution in [1.29, 1.82) is 0 Å². The molecule has 0 aliphatic carbocycles. The van der Waals surface area contributed by atoms with Crippen LogP contribution in [0.2, 0.25) is 0 Å². The van der Waals surface area contributed by atoms with Crippen molar-refractivity contribution < 1.29 is 9.53 Å². The van der Waals surface area contributed by atoms with E-state index in [4.69, 9.17) is 4.74 Å². The smallest absolute Gasteiger partial charge is 0.225 e. The summed E-state index contributed by atoms with van der Waals surface area (Å²) in [6.07, 6.45) is 0. The highest BCUT2D eigenvalue weighted by atomic mass is 32.1. The Bertz CT molecular complexity index is 775. The first-order chi connectivity index (χ1) is 13.8. The Hall–Kier alpha value is -2.05. The van der Waals surface area contributed by atoms with Crippen LogP contribution in [0.15, 0.2) is 41.8 Å². The number of thiophene rings is 1. The fraction of sp³-hybridized carbons (Fsp3) is 0.522. The SMILES string of the molecule is COc1ccc(N2CCN([C@H](c3cccs3)[C@@H](C)NC(=O)C(C)(C)C)CC2)cc1. The van der Waals surface area contributed by atoms with E-state index in [-0.39, 0.29) is 23.4 Å². The lowest BCUT2D eigenvalue weighted by atomic mass is 9.94. The first-order valence-corrected chi connectivity index (χ1v) is 11.1. The Morgan fingerprint density at radius 1 is 1.10 bits per heavy atom. The van der Waals surface area contributed by atoms with Crippen molar-refractivity contribution in [3.8, 4) is 5.75 Å². The van der Waals surface area contributed by atoms with E-state index >= 15 is 0 Å². The number of hydrogen-bond donors (Lipinski definition) is 1. The molecule has 0 saturated carbocycles. The molecule has 0 bridgehead atoms. The van der Waals surface area contributed by atoms with Gasteiger partial charge in [0.1, 0.15) is 5.75 Å². The molecule has 0 spiro atoms. The number of carbonyl (C=O) groups is 1. The molecule has 29 heavy (non-hydrogen) atoms. The molecule has 1 aromatic carbocycles. The highest BCUT2D eigenvalue weighted by Gasteiger charge is 2.32. The molecule has 2 atom stereocenters. The van der Waals surface area contributed by atoms with E-state index in [0.29, 0.717) is 0 Å². The van der Waals surface area contributed by atoms with Gasteiger partial charge < -0.3 is 15.0 Å². The Labute approximate surface area is 178 Å². The van der Waals surface area contributed by atoms with Crippen LogP contribution in [0.3, 0.4) is 0 Å². The number of carbonyl (C=O) groups excluding carboxylic acids is 1. The van der Waals surface area contributed by atoms with Gasteiger partial charge in [-0.1, -0.05) is 26.8 Å². The molecule has 6 heteroatoms. The maximum atomic E-state index is 12.6. The van der Waals surface area contributed by atoms with E-state index in [1.807, 2.05) is 32.9 Å². The molecular weight excluding hydrogens is 382 g/mol. The molecular formula is C23H33N3O2S. The molecule has 2 heterocycles. The Balaban J connectivity index is 1.69. The Morgan fingerprint density at radius 2 is 1.76 bits per heavy atom. The predicted octanol–water partition coefficient (Wildman–Crippen LogP) is 4.17. The van der Waals surface area contributed by atoms with Crippen LogP contribution in [-0.2, 0) is 4.79 Å². The molecule has 1 aliphatic heterocycles. The van der Waals surface area contributed by atoms with Crippen molar-refractivity contribution in [3.05, 3.63) is 46.7 Å². The zero-order valence-corrected chi connectivity index (χ0v) is 19.0. The normalized spacial score (nSPS) is 17.6. The molecule has 1 amide bonds. The van der Waals surface area contributed by atoms with Gasteiger partial charge in [0.2, 0.25) is 5.91 Å². The van der Waals surface area contributed by atoms with Crippen molar-refractivity contribution in [1.82, 2.24) is 10.2 Å². The minimum Gasteiger partial charge on any atom is -0.497 e. The molecule has 1 aliphatic rings. The summed E-state index contributed by atoms with van der Waals surface area (Å²) >= 11 is 1.77. The third-order valence-electron chi connectivity index (χ3n) is 5.49. The maximum absolute atomic E-state index is 12.6. The largest absolute Gasteiger partial charge is 0.497 e. The van der Waals surface area contributed by atoms with Crippen molar-refractivity contribution in [2.24, 2.45) is 5.41 Å². The number of ether oxygens (including phenoxy) is 1. The van der Waals surface area contributed by atoms with E-state index in [2.05, 4.69) is 51.7 Å². The van der Waals surface area contributed by atoms with Gasteiger partial charge in [-0.25, -0.2) is 0 Å². The van der Waals surface area contributed by atoms with Crippen LogP contribution >= 0.6 is 11.3 Å². The van der Waals surface area contributed by atoms with Crippen LogP contribution < -0.4 is 15.0 Å². The molecule has 2 aromatic rings. The first kappa shape index (κ1) is 21.7. The monoisotopic (exact) mass is 415 g/mol. The molecule has 1 N–H and O–H groups in total. The molecule has 1 aromatic heterocycles.